The van der Waals surface area contributed by atoms with Crippen LogP contribution in [-0.4, -0.2) is 55.5 Å². The van der Waals surface area contributed by atoms with Gasteiger partial charge in [-0.3, -0.25) is 9.69 Å². The van der Waals surface area contributed by atoms with Gasteiger partial charge >= 0.3 is 0 Å². The molecule has 0 spiro atoms. The van der Waals surface area contributed by atoms with Crippen LogP contribution in [0.3, 0.4) is 0 Å². The highest BCUT2D eigenvalue weighted by atomic mass is 16.2. The first kappa shape index (κ1) is 18.9. The standard InChI is InChI=1S/C20H33N3O/c1-15(2)18-10-6-7-11-19(18)21-20(24)16(3)23(5)14-17-9-8-12-22(4)13-17/h6-7,10-11,15-17H,8-9,12-14H2,1-5H3,(H,21,24)/t16-,17-/m0/s1. The minimum absolute atomic E-state index is 0.0785. The lowest BCUT2D eigenvalue weighted by Crippen LogP contribution is -2.45. The Kier molecular flexibility index (Phi) is 6.81. The van der Waals surface area contributed by atoms with Crippen LogP contribution in [0, 0.1) is 5.92 Å². The van der Waals surface area contributed by atoms with Crippen LogP contribution in [-0.2, 0) is 4.79 Å². The van der Waals surface area contributed by atoms with E-state index >= 15 is 0 Å². The Bertz CT molecular complexity index is 543. The summed E-state index contributed by atoms with van der Waals surface area (Å²) in [5.74, 6) is 1.13. The smallest absolute Gasteiger partial charge is 0.241 e. The molecule has 1 aliphatic heterocycles. The molecule has 2 rings (SSSR count). The zero-order valence-electron chi connectivity index (χ0n) is 15.9. The first-order valence-corrected chi connectivity index (χ1v) is 9.17. The number of piperidine rings is 1. The predicted octanol–water partition coefficient (Wildman–Crippen LogP) is 3.41. The van der Waals surface area contributed by atoms with Crippen molar-refractivity contribution in [2.75, 3.05) is 39.0 Å². The molecule has 0 aliphatic carbocycles. The summed E-state index contributed by atoms with van der Waals surface area (Å²) in [5, 5.41) is 3.13. The number of benzene rings is 1. The maximum Gasteiger partial charge on any atom is 0.241 e. The molecule has 4 heteroatoms. The molecule has 0 radical (unpaired) electrons. The van der Waals surface area contributed by atoms with E-state index in [9.17, 15) is 4.79 Å². The summed E-state index contributed by atoms with van der Waals surface area (Å²) >= 11 is 0. The van der Waals surface area contributed by atoms with Crippen molar-refractivity contribution in [1.82, 2.24) is 9.80 Å². The normalized spacial score (nSPS) is 20.4. The maximum absolute atomic E-state index is 12.7. The third-order valence-corrected chi connectivity index (χ3v) is 5.15. The molecule has 1 heterocycles. The second-order valence-corrected chi connectivity index (χ2v) is 7.62. The van der Waals surface area contributed by atoms with Crippen LogP contribution in [0.5, 0.6) is 0 Å². The quantitative estimate of drug-likeness (QED) is 0.868. The molecular weight excluding hydrogens is 298 g/mol. The topological polar surface area (TPSA) is 35.6 Å². The molecular formula is C20H33N3O. The minimum Gasteiger partial charge on any atom is -0.324 e. The van der Waals surface area contributed by atoms with E-state index < -0.39 is 0 Å². The number of nitrogens with zero attached hydrogens (tertiary/aromatic N) is 2. The number of likely N-dealkylation sites (N-methyl/N-ethyl adjacent to an activating group) is 1. The van der Waals surface area contributed by atoms with Crippen LogP contribution >= 0.6 is 0 Å². The van der Waals surface area contributed by atoms with E-state index in [0.29, 0.717) is 11.8 Å². The van der Waals surface area contributed by atoms with Gasteiger partial charge in [0.1, 0.15) is 0 Å². The number of amides is 1. The molecule has 0 saturated carbocycles. The Balaban J connectivity index is 1.94. The molecule has 2 atom stereocenters. The monoisotopic (exact) mass is 331 g/mol. The average Bonchev–Trinajstić information content (AvgIpc) is 2.54. The lowest BCUT2D eigenvalue weighted by Gasteiger charge is -2.34. The molecule has 4 nitrogen and oxygen atoms in total. The minimum atomic E-state index is -0.127. The van der Waals surface area contributed by atoms with Gasteiger partial charge in [0.2, 0.25) is 5.91 Å². The Morgan fingerprint density at radius 1 is 1.33 bits per heavy atom. The first-order chi connectivity index (χ1) is 11.4. The summed E-state index contributed by atoms with van der Waals surface area (Å²) in [6, 6.07) is 7.97. The van der Waals surface area contributed by atoms with Crippen molar-refractivity contribution < 1.29 is 4.79 Å². The van der Waals surface area contributed by atoms with Gasteiger partial charge in [-0.2, -0.15) is 0 Å². The molecule has 1 fully saturated rings. The molecule has 1 aromatic rings. The van der Waals surface area contributed by atoms with E-state index in [0.717, 1.165) is 18.8 Å². The van der Waals surface area contributed by atoms with Crippen LogP contribution in [0.25, 0.3) is 0 Å². The fourth-order valence-corrected chi connectivity index (χ4v) is 3.54. The number of carbonyl (C=O) groups is 1. The zero-order valence-corrected chi connectivity index (χ0v) is 15.9. The number of likely N-dealkylation sites (tertiary alicyclic amines) is 1. The summed E-state index contributed by atoms with van der Waals surface area (Å²) in [7, 11) is 4.25. The fourth-order valence-electron chi connectivity index (χ4n) is 3.54. The highest BCUT2D eigenvalue weighted by Crippen LogP contribution is 2.24. The maximum atomic E-state index is 12.7. The van der Waals surface area contributed by atoms with Gasteiger partial charge in [-0.15, -0.1) is 0 Å². The van der Waals surface area contributed by atoms with Gasteiger partial charge in [0.15, 0.2) is 0 Å². The number of hydrogen-bond donors (Lipinski definition) is 1. The lowest BCUT2D eigenvalue weighted by molar-refractivity contribution is -0.120. The van der Waals surface area contributed by atoms with Crippen molar-refractivity contribution in [1.29, 1.82) is 0 Å². The third kappa shape index (κ3) is 5.05. The summed E-state index contributed by atoms with van der Waals surface area (Å²) in [5.41, 5.74) is 2.13. The van der Waals surface area contributed by atoms with Gasteiger partial charge < -0.3 is 10.2 Å². The summed E-state index contributed by atoms with van der Waals surface area (Å²) in [6.07, 6.45) is 2.52. The molecule has 24 heavy (non-hydrogen) atoms. The highest BCUT2D eigenvalue weighted by molar-refractivity contribution is 5.95. The van der Waals surface area contributed by atoms with E-state index in [2.05, 4.69) is 49.1 Å². The van der Waals surface area contributed by atoms with E-state index in [1.807, 2.05) is 25.1 Å². The summed E-state index contributed by atoms with van der Waals surface area (Å²) in [4.78, 5) is 17.3. The van der Waals surface area contributed by atoms with Crippen LogP contribution < -0.4 is 5.32 Å². The Hall–Kier alpha value is -1.39. The van der Waals surface area contributed by atoms with Crippen LogP contribution in [0.15, 0.2) is 24.3 Å². The highest BCUT2D eigenvalue weighted by Gasteiger charge is 2.24. The van der Waals surface area contributed by atoms with Crippen molar-refractivity contribution in [2.45, 2.75) is 45.6 Å². The first-order valence-electron chi connectivity index (χ1n) is 9.17. The fraction of sp³-hybridized carbons (Fsp3) is 0.650. The van der Waals surface area contributed by atoms with Gasteiger partial charge in [0.25, 0.3) is 0 Å². The number of nitrogens with one attached hydrogen (secondary N) is 1. The predicted molar refractivity (Wildman–Crippen MR) is 101 cm³/mol. The van der Waals surface area contributed by atoms with E-state index in [-0.39, 0.29) is 11.9 Å². The number of rotatable bonds is 6. The number of hydrogen-bond acceptors (Lipinski definition) is 3. The molecule has 1 amide bonds. The van der Waals surface area contributed by atoms with Gasteiger partial charge in [0, 0.05) is 18.8 Å². The largest absolute Gasteiger partial charge is 0.324 e. The SMILES string of the molecule is CC(C)c1ccccc1NC(=O)[C@H](C)N(C)C[C@H]1CCCN(C)C1. The average molecular weight is 332 g/mol. The van der Waals surface area contributed by atoms with E-state index in [1.165, 1.54) is 24.9 Å². The van der Waals surface area contributed by atoms with Gasteiger partial charge in [-0.05, 0) is 63.9 Å². The van der Waals surface area contributed by atoms with Crippen molar-refractivity contribution >= 4 is 11.6 Å². The van der Waals surface area contributed by atoms with Crippen LogP contribution in [0.4, 0.5) is 5.69 Å². The van der Waals surface area contributed by atoms with Crippen molar-refractivity contribution in [3.05, 3.63) is 29.8 Å². The molecule has 1 N–H and O–H groups in total. The molecule has 134 valence electrons. The number of para-hydroxylation sites is 1. The Morgan fingerprint density at radius 2 is 2.04 bits per heavy atom. The molecule has 1 aromatic carbocycles. The van der Waals surface area contributed by atoms with Crippen molar-refractivity contribution in [3.63, 3.8) is 0 Å². The van der Waals surface area contributed by atoms with Crippen molar-refractivity contribution in [3.8, 4) is 0 Å². The second-order valence-electron chi connectivity index (χ2n) is 7.62. The Labute approximate surface area is 147 Å². The third-order valence-electron chi connectivity index (χ3n) is 5.15. The van der Waals surface area contributed by atoms with Gasteiger partial charge in [-0.25, -0.2) is 0 Å². The van der Waals surface area contributed by atoms with E-state index in [1.54, 1.807) is 0 Å². The molecule has 1 aliphatic rings. The summed E-state index contributed by atoms with van der Waals surface area (Å²) < 4.78 is 0. The molecule has 1 saturated heterocycles. The second kappa shape index (κ2) is 8.63. The van der Waals surface area contributed by atoms with Crippen LogP contribution in [0.1, 0.15) is 45.1 Å². The lowest BCUT2D eigenvalue weighted by atomic mass is 9.97. The van der Waals surface area contributed by atoms with E-state index in [4.69, 9.17) is 0 Å². The summed E-state index contributed by atoms with van der Waals surface area (Å²) in [6.45, 7) is 9.61. The molecule has 0 unspecified atom stereocenters. The van der Waals surface area contributed by atoms with Gasteiger partial charge in [0.05, 0.1) is 6.04 Å². The Morgan fingerprint density at radius 3 is 2.71 bits per heavy atom. The molecule has 0 aromatic heterocycles. The van der Waals surface area contributed by atoms with Gasteiger partial charge in [-0.1, -0.05) is 32.0 Å². The number of anilines is 1. The molecule has 0 bridgehead atoms. The van der Waals surface area contributed by atoms with Crippen molar-refractivity contribution in [2.24, 2.45) is 5.92 Å². The van der Waals surface area contributed by atoms with Crippen LogP contribution in [0.2, 0.25) is 0 Å². The zero-order chi connectivity index (χ0) is 17.7. The number of carbonyl (C=O) groups excluding carboxylic acids is 1.